The van der Waals surface area contributed by atoms with E-state index in [-0.39, 0.29) is 30.3 Å². The van der Waals surface area contributed by atoms with E-state index in [9.17, 15) is 9.59 Å². The number of nitrogen functional groups attached to an aromatic ring is 1. The maximum atomic E-state index is 13.0. The Morgan fingerprint density at radius 1 is 1.37 bits per heavy atom. The molecule has 0 aliphatic carbocycles. The fraction of sp³-hybridized carbons (Fsp3) is 0.333. The molecule has 1 atom stereocenters. The van der Waals surface area contributed by atoms with Crippen molar-refractivity contribution < 1.29 is 14.3 Å². The van der Waals surface area contributed by atoms with Gasteiger partial charge in [0.15, 0.2) is 16.8 Å². The van der Waals surface area contributed by atoms with E-state index in [1.54, 1.807) is 6.92 Å². The normalized spacial score (nSPS) is 16.0. The highest BCUT2D eigenvalue weighted by atomic mass is 32.2. The molecule has 0 fully saturated rings. The van der Waals surface area contributed by atoms with E-state index in [0.717, 1.165) is 5.56 Å². The first kappa shape index (κ1) is 19.1. The van der Waals surface area contributed by atoms with E-state index in [2.05, 4.69) is 15.4 Å². The fourth-order valence-corrected chi connectivity index (χ4v) is 3.37. The van der Waals surface area contributed by atoms with Crippen molar-refractivity contribution in [3.63, 3.8) is 0 Å². The molecule has 8 nitrogen and oxygen atoms in total. The highest BCUT2D eigenvalue weighted by molar-refractivity contribution is 7.98. The molecule has 0 saturated heterocycles. The number of nitrogens with zero attached hydrogens (tertiary/aromatic N) is 3. The number of carbonyl (C=O) groups excluding carboxylic acids is 2. The maximum absolute atomic E-state index is 13.0. The summed E-state index contributed by atoms with van der Waals surface area (Å²) >= 11 is 1.35. The number of nitrogens with one attached hydrogen (secondary N) is 1. The van der Waals surface area contributed by atoms with Crippen molar-refractivity contribution in [2.45, 2.75) is 18.6 Å². The van der Waals surface area contributed by atoms with Crippen LogP contribution in [0, 0.1) is 5.92 Å². The zero-order valence-electron chi connectivity index (χ0n) is 15.1. The first-order valence-corrected chi connectivity index (χ1v) is 9.73. The molecular formula is C18H21N5O3S. The third-order valence-electron chi connectivity index (χ3n) is 4.24. The first-order valence-electron chi connectivity index (χ1n) is 8.51. The van der Waals surface area contributed by atoms with E-state index in [0.29, 0.717) is 17.5 Å². The molecule has 3 rings (SSSR count). The molecule has 0 radical (unpaired) electrons. The number of rotatable bonds is 6. The van der Waals surface area contributed by atoms with Crippen LogP contribution in [0.2, 0.25) is 0 Å². The Bertz CT molecular complexity index is 846. The van der Waals surface area contributed by atoms with Gasteiger partial charge in [0.2, 0.25) is 0 Å². The number of nitrogens with two attached hydrogens (primary N) is 1. The Morgan fingerprint density at radius 3 is 2.74 bits per heavy atom. The Kier molecular flexibility index (Phi) is 5.92. The maximum Gasteiger partial charge on any atom is 0.318 e. The van der Waals surface area contributed by atoms with Crippen LogP contribution in [0.5, 0.6) is 0 Å². The number of carbonyl (C=O) groups is 2. The van der Waals surface area contributed by atoms with Gasteiger partial charge in [-0.3, -0.25) is 9.59 Å². The first-order chi connectivity index (χ1) is 13.1. The lowest BCUT2D eigenvalue weighted by Gasteiger charge is -2.34. The molecule has 1 unspecified atom stereocenters. The van der Waals surface area contributed by atoms with Crippen LogP contribution in [0.25, 0.3) is 0 Å². The molecule has 0 bridgehead atoms. The second kappa shape index (κ2) is 8.36. The van der Waals surface area contributed by atoms with Gasteiger partial charge in [-0.05, 0) is 18.7 Å². The van der Waals surface area contributed by atoms with Crippen molar-refractivity contribution in [2.24, 2.45) is 11.8 Å². The molecule has 0 spiro atoms. The van der Waals surface area contributed by atoms with E-state index in [1.165, 1.54) is 11.8 Å². The minimum atomic E-state index is -0.947. The molecule has 1 aromatic heterocycles. The number of hydrogen-bond acceptors (Lipinski definition) is 9. The summed E-state index contributed by atoms with van der Waals surface area (Å²) in [5, 5.41) is 0.488. The van der Waals surface area contributed by atoms with Crippen LogP contribution in [0.1, 0.15) is 22.8 Å². The number of benzene rings is 1. The van der Waals surface area contributed by atoms with Gasteiger partial charge in [-0.1, -0.05) is 42.1 Å². The van der Waals surface area contributed by atoms with Gasteiger partial charge >= 0.3 is 5.97 Å². The second-order valence-electron chi connectivity index (χ2n) is 5.94. The highest BCUT2D eigenvalue weighted by Crippen LogP contribution is 2.35. The number of ketones is 1. The molecule has 142 valence electrons. The quantitative estimate of drug-likeness (QED) is 0.192. The number of aromatic nitrogens is 2. The van der Waals surface area contributed by atoms with Gasteiger partial charge in [0.05, 0.1) is 6.61 Å². The van der Waals surface area contributed by atoms with Crippen LogP contribution in [0.4, 0.5) is 11.6 Å². The summed E-state index contributed by atoms with van der Waals surface area (Å²) in [5.74, 6) is 4.40. The summed E-state index contributed by atoms with van der Waals surface area (Å²) in [4.78, 5) is 36.1. The van der Waals surface area contributed by atoms with Gasteiger partial charge in [-0.2, -0.15) is 0 Å². The van der Waals surface area contributed by atoms with Gasteiger partial charge < -0.3 is 15.1 Å². The third-order valence-corrected chi connectivity index (χ3v) is 4.79. The summed E-state index contributed by atoms with van der Waals surface area (Å²) in [6, 6.07) is 9.77. The smallest absolute Gasteiger partial charge is 0.318 e. The number of ether oxygens (including phenoxy) is 1. The highest BCUT2D eigenvalue weighted by Gasteiger charge is 2.41. The SMILES string of the molecule is CCOC(=O)C1CN(Cc2ccccc2)c2nc(SC)nc(NN)c2C1=O. The molecule has 2 aromatic rings. The predicted octanol–water partition coefficient (Wildman–Crippen LogP) is 1.87. The summed E-state index contributed by atoms with van der Waals surface area (Å²) in [7, 11) is 0. The van der Waals surface area contributed by atoms with Crippen molar-refractivity contribution in [3.8, 4) is 0 Å². The minimum Gasteiger partial charge on any atom is -0.465 e. The topological polar surface area (TPSA) is 110 Å². The molecule has 3 N–H and O–H groups in total. The minimum absolute atomic E-state index is 0.189. The van der Waals surface area contributed by atoms with Crippen LogP contribution >= 0.6 is 11.8 Å². The Balaban J connectivity index is 2.08. The lowest BCUT2D eigenvalue weighted by Crippen LogP contribution is -2.44. The van der Waals surface area contributed by atoms with E-state index < -0.39 is 11.9 Å². The number of hydrogen-bond donors (Lipinski definition) is 2. The molecule has 27 heavy (non-hydrogen) atoms. The van der Waals surface area contributed by atoms with Crippen LogP contribution in [0.3, 0.4) is 0 Å². The van der Waals surface area contributed by atoms with Gasteiger partial charge in [-0.15, -0.1) is 0 Å². The zero-order chi connectivity index (χ0) is 19.4. The van der Waals surface area contributed by atoms with Gasteiger partial charge in [-0.25, -0.2) is 15.8 Å². The second-order valence-corrected chi connectivity index (χ2v) is 6.71. The summed E-state index contributed by atoms with van der Waals surface area (Å²) in [6.45, 7) is 2.60. The number of esters is 1. The lowest BCUT2D eigenvalue weighted by molar-refractivity contribution is -0.145. The number of anilines is 2. The van der Waals surface area contributed by atoms with E-state index >= 15 is 0 Å². The lowest BCUT2D eigenvalue weighted by atomic mass is 9.92. The van der Waals surface area contributed by atoms with Gasteiger partial charge in [0, 0.05) is 13.1 Å². The average molecular weight is 387 g/mol. The standard InChI is InChI=1S/C18H21N5O3S/c1-3-26-17(25)12-10-23(9-11-7-5-4-6-8-11)16-13(14(12)24)15(22-19)20-18(21-16)27-2/h4-8,12H,3,9-10,19H2,1-2H3,(H,20,21,22). The predicted molar refractivity (Wildman–Crippen MR) is 104 cm³/mol. The Labute approximate surface area is 161 Å². The van der Waals surface area contributed by atoms with Crippen molar-refractivity contribution in [3.05, 3.63) is 41.5 Å². The van der Waals surface area contributed by atoms with Crippen LogP contribution in [-0.2, 0) is 16.1 Å². The molecule has 1 aliphatic heterocycles. The fourth-order valence-electron chi connectivity index (χ4n) is 3.01. The molecule has 2 heterocycles. The summed E-state index contributed by atoms with van der Waals surface area (Å²) < 4.78 is 5.10. The number of thioether (sulfide) groups is 1. The number of Topliss-reactive ketones (excluding diaryl/α,β-unsaturated/α-hetero) is 1. The van der Waals surface area contributed by atoms with Crippen molar-refractivity contribution >= 4 is 35.2 Å². The summed E-state index contributed by atoms with van der Waals surface area (Å²) in [5.41, 5.74) is 3.72. The Morgan fingerprint density at radius 2 is 2.11 bits per heavy atom. The van der Waals surface area contributed by atoms with Crippen LogP contribution < -0.4 is 16.2 Å². The average Bonchev–Trinajstić information content (AvgIpc) is 2.70. The Hall–Kier alpha value is -2.65. The van der Waals surface area contributed by atoms with Gasteiger partial charge in [0.1, 0.15) is 17.3 Å². The number of hydrazine groups is 1. The molecular weight excluding hydrogens is 366 g/mol. The molecule has 1 aromatic carbocycles. The van der Waals surface area contributed by atoms with E-state index in [4.69, 9.17) is 10.6 Å². The van der Waals surface area contributed by atoms with Crippen LogP contribution in [0.15, 0.2) is 35.5 Å². The van der Waals surface area contributed by atoms with Crippen molar-refractivity contribution in [1.29, 1.82) is 0 Å². The van der Waals surface area contributed by atoms with Gasteiger partial charge in [0.25, 0.3) is 0 Å². The zero-order valence-corrected chi connectivity index (χ0v) is 16.0. The number of fused-ring (bicyclic) bond motifs is 1. The molecule has 1 aliphatic rings. The largest absolute Gasteiger partial charge is 0.465 e. The monoisotopic (exact) mass is 387 g/mol. The molecule has 0 amide bonds. The summed E-state index contributed by atoms with van der Waals surface area (Å²) in [6.07, 6.45) is 1.84. The molecule has 0 saturated carbocycles. The third kappa shape index (κ3) is 3.88. The van der Waals surface area contributed by atoms with E-state index in [1.807, 2.05) is 41.5 Å². The van der Waals surface area contributed by atoms with Crippen LogP contribution in [-0.4, -0.2) is 41.1 Å². The van der Waals surface area contributed by atoms with Crippen molar-refractivity contribution in [2.75, 3.05) is 29.7 Å². The van der Waals surface area contributed by atoms with Crippen molar-refractivity contribution in [1.82, 2.24) is 9.97 Å². The molecule has 9 heteroatoms.